The van der Waals surface area contributed by atoms with Crippen LogP contribution in [0.5, 0.6) is 5.88 Å². The van der Waals surface area contributed by atoms with Crippen LogP contribution in [0.15, 0.2) is 18.3 Å². The lowest BCUT2D eigenvalue weighted by atomic mass is 9.90. The van der Waals surface area contributed by atoms with Crippen LogP contribution >= 0.6 is 0 Å². The molecule has 0 bridgehead atoms. The SMILES string of the molecule is COc1cc(CNC(=O)C2(N)CCOCC2)ccn1. The quantitative estimate of drug-likeness (QED) is 0.813. The lowest BCUT2D eigenvalue weighted by Crippen LogP contribution is -2.56. The summed E-state index contributed by atoms with van der Waals surface area (Å²) in [6, 6.07) is 3.61. The zero-order valence-electron chi connectivity index (χ0n) is 11.0. The second kappa shape index (κ2) is 5.99. The molecule has 3 N–H and O–H groups in total. The fraction of sp³-hybridized carbons (Fsp3) is 0.538. The van der Waals surface area contributed by atoms with Gasteiger partial charge in [0.15, 0.2) is 0 Å². The highest BCUT2D eigenvalue weighted by atomic mass is 16.5. The molecule has 0 aliphatic carbocycles. The van der Waals surface area contributed by atoms with Crippen molar-refractivity contribution in [1.82, 2.24) is 10.3 Å². The molecule has 0 unspecified atom stereocenters. The van der Waals surface area contributed by atoms with Gasteiger partial charge < -0.3 is 20.5 Å². The predicted molar refractivity (Wildman–Crippen MR) is 69.6 cm³/mol. The Balaban J connectivity index is 1.92. The highest BCUT2D eigenvalue weighted by Gasteiger charge is 2.35. The molecule has 0 atom stereocenters. The standard InChI is InChI=1S/C13H19N3O3/c1-18-11-8-10(2-5-15-11)9-16-12(17)13(14)3-6-19-7-4-13/h2,5,8H,3-4,6-7,9,14H2,1H3,(H,16,17). The number of nitrogens with one attached hydrogen (secondary N) is 1. The van der Waals surface area contributed by atoms with Gasteiger partial charge in [-0.2, -0.15) is 0 Å². The van der Waals surface area contributed by atoms with Crippen LogP contribution in [0.25, 0.3) is 0 Å². The van der Waals surface area contributed by atoms with E-state index in [0.717, 1.165) is 5.56 Å². The maximum atomic E-state index is 12.1. The van der Waals surface area contributed by atoms with Crippen LogP contribution in [-0.4, -0.2) is 36.8 Å². The third kappa shape index (κ3) is 3.42. The molecule has 0 aromatic carbocycles. The maximum Gasteiger partial charge on any atom is 0.240 e. The van der Waals surface area contributed by atoms with Gasteiger partial charge in [0.1, 0.15) is 0 Å². The van der Waals surface area contributed by atoms with E-state index in [9.17, 15) is 4.79 Å². The molecule has 1 aliphatic heterocycles. The number of aromatic nitrogens is 1. The summed E-state index contributed by atoms with van der Waals surface area (Å²) in [5.74, 6) is 0.395. The molecule has 6 heteroatoms. The van der Waals surface area contributed by atoms with Crippen molar-refractivity contribution in [1.29, 1.82) is 0 Å². The van der Waals surface area contributed by atoms with Crippen molar-refractivity contribution in [3.05, 3.63) is 23.9 Å². The third-order valence-corrected chi connectivity index (χ3v) is 3.30. The van der Waals surface area contributed by atoms with E-state index in [1.54, 1.807) is 19.4 Å². The van der Waals surface area contributed by atoms with E-state index in [1.165, 1.54) is 0 Å². The number of nitrogens with zero attached hydrogens (tertiary/aromatic N) is 1. The molecule has 1 aromatic heterocycles. The summed E-state index contributed by atoms with van der Waals surface area (Å²) in [6.45, 7) is 1.48. The fourth-order valence-corrected chi connectivity index (χ4v) is 1.99. The average Bonchev–Trinajstić information content (AvgIpc) is 2.45. The minimum Gasteiger partial charge on any atom is -0.481 e. The van der Waals surface area contributed by atoms with Crippen LogP contribution < -0.4 is 15.8 Å². The van der Waals surface area contributed by atoms with E-state index in [1.807, 2.05) is 6.07 Å². The van der Waals surface area contributed by atoms with Gasteiger partial charge in [-0.3, -0.25) is 4.79 Å². The Hall–Kier alpha value is -1.66. The molecule has 19 heavy (non-hydrogen) atoms. The Morgan fingerprint density at radius 2 is 2.32 bits per heavy atom. The molecular formula is C13H19N3O3. The van der Waals surface area contributed by atoms with Gasteiger partial charge in [-0.15, -0.1) is 0 Å². The van der Waals surface area contributed by atoms with E-state index in [4.69, 9.17) is 15.2 Å². The number of carbonyl (C=O) groups excluding carboxylic acids is 1. The van der Waals surface area contributed by atoms with Gasteiger partial charge in [-0.25, -0.2) is 4.98 Å². The first-order valence-electron chi connectivity index (χ1n) is 6.28. The summed E-state index contributed by atoms with van der Waals surface area (Å²) in [6.07, 6.45) is 2.75. The molecule has 1 aromatic rings. The maximum absolute atomic E-state index is 12.1. The summed E-state index contributed by atoms with van der Waals surface area (Å²) in [7, 11) is 1.56. The molecule has 1 fully saturated rings. The number of hydrogen-bond acceptors (Lipinski definition) is 5. The number of methoxy groups -OCH3 is 1. The Labute approximate surface area is 112 Å². The average molecular weight is 265 g/mol. The lowest BCUT2D eigenvalue weighted by molar-refractivity contribution is -0.129. The first kappa shape index (κ1) is 13.8. The third-order valence-electron chi connectivity index (χ3n) is 3.30. The normalized spacial score (nSPS) is 17.8. The number of ether oxygens (including phenoxy) is 2. The Kier molecular flexibility index (Phi) is 4.34. The molecular weight excluding hydrogens is 246 g/mol. The van der Waals surface area contributed by atoms with Gasteiger partial charge in [0.25, 0.3) is 0 Å². The number of hydrogen-bond donors (Lipinski definition) is 2. The van der Waals surface area contributed by atoms with Crippen LogP contribution in [-0.2, 0) is 16.1 Å². The molecule has 6 nitrogen and oxygen atoms in total. The van der Waals surface area contributed by atoms with Crippen molar-refractivity contribution in [2.75, 3.05) is 20.3 Å². The van der Waals surface area contributed by atoms with Crippen LogP contribution in [0.1, 0.15) is 18.4 Å². The summed E-state index contributed by atoms with van der Waals surface area (Å²) in [4.78, 5) is 16.1. The second-order valence-corrected chi connectivity index (χ2v) is 4.66. The van der Waals surface area contributed by atoms with E-state index in [0.29, 0.717) is 38.5 Å². The van der Waals surface area contributed by atoms with E-state index in [-0.39, 0.29) is 5.91 Å². The number of nitrogens with two attached hydrogens (primary N) is 1. The Bertz CT molecular complexity index is 445. The Morgan fingerprint density at radius 1 is 1.58 bits per heavy atom. The number of rotatable bonds is 4. The molecule has 0 spiro atoms. The van der Waals surface area contributed by atoms with Crippen LogP contribution in [0, 0.1) is 0 Å². The molecule has 104 valence electrons. The van der Waals surface area contributed by atoms with Gasteiger partial charge in [-0.1, -0.05) is 0 Å². The van der Waals surface area contributed by atoms with Crippen molar-refractivity contribution in [2.45, 2.75) is 24.9 Å². The minimum absolute atomic E-state index is 0.133. The zero-order valence-corrected chi connectivity index (χ0v) is 11.0. The van der Waals surface area contributed by atoms with E-state index < -0.39 is 5.54 Å². The number of amides is 1. The van der Waals surface area contributed by atoms with E-state index >= 15 is 0 Å². The molecule has 1 saturated heterocycles. The van der Waals surface area contributed by atoms with Gasteiger partial charge in [0.2, 0.25) is 11.8 Å². The molecule has 2 heterocycles. The Morgan fingerprint density at radius 3 is 3.00 bits per heavy atom. The first-order valence-corrected chi connectivity index (χ1v) is 6.28. The predicted octanol–water partition coefficient (Wildman–Crippen LogP) is 0.214. The molecule has 0 radical (unpaired) electrons. The smallest absolute Gasteiger partial charge is 0.240 e. The van der Waals surface area contributed by atoms with Gasteiger partial charge in [-0.05, 0) is 24.5 Å². The van der Waals surface area contributed by atoms with Crippen LogP contribution in [0.2, 0.25) is 0 Å². The second-order valence-electron chi connectivity index (χ2n) is 4.66. The van der Waals surface area contributed by atoms with Crippen molar-refractivity contribution in [3.8, 4) is 5.88 Å². The molecule has 2 rings (SSSR count). The van der Waals surface area contributed by atoms with E-state index in [2.05, 4.69) is 10.3 Å². The van der Waals surface area contributed by atoms with Gasteiger partial charge in [0.05, 0.1) is 12.6 Å². The first-order chi connectivity index (χ1) is 9.14. The van der Waals surface area contributed by atoms with Crippen LogP contribution in [0.3, 0.4) is 0 Å². The van der Waals surface area contributed by atoms with Gasteiger partial charge in [0, 0.05) is 32.0 Å². The topological polar surface area (TPSA) is 86.5 Å². The molecule has 1 aliphatic rings. The zero-order chi connectivity index (χ0) is 13.7. The summed E-state index contributed by atoms with van der Waals surface area (Å²) < 4.78 is 10.3. The summed E-state index contributed by atoms with van der Waals surface area (Å²) >= 11 is 0. The largest absolute Gasteiger partial charge is 0.481 e. The number of carbonyl (C=O) groups is 1. The fourth-order valence-electron chi connectivity index (χ4n) is 1.99. The van der Waals surface area contributed by atoms with Crippen molar-refractivity contribution >= 4 is 5.91 Å². The lowest BCUT2D eigenvalue weighted by Gasteiger charge is -2.31. The molecule has 0 saturated carbocycles. The minimum atomic E-state index is -0.810. The summed E-state index contributed by atoms with van der Waals surface area (Å²) in [5, 5.41) is 2.86. The highest BCUT2D eigenvalue weighted by molar-refractivity contribution is 5.86. The summed E-state index contributed by atoms with van der Waals surface area (Å²) in [5.41, 5.74) is 6.21. The van der Waals surface area contributed by atoms with Crippen LogP contribution in [0.4, 0.5) is 0 Å². The van der Waals surface area contributed by atoms with Crippen molar-refractivity contribution < 1.29 is 14.3 Å². The van der Waals surface area contributed by atoms with Crippen molar-refractivity contribution in [3.63, 3.8) is 0 Å². The highest BCUT2D eigenvalue weighted by Crippen LogP contribution is 2.18. The molecule has 1 amide bonds. The number of pyridine rings is 1. The van der Waals surface area contributed by atoms with Crippen molar-refractivity contribution in [2.24, 2.45) is 5.73 Å². The van der Waals surface area contributed by atoms with Gasteiger partial charge >= 0.3 is 0 Å². The monoisotopic (exact) mass is 265 g/mol.